The van der Waals surface area contributed by atoms with Crippen molar-refractivity contribution in [2.24, 2.45) is 0 Å². The van der Waals surface area contributed by atoms with Gasteiger partial charge in [0.2, 0.25) is 5.91 Å². The number of benzene rings is 1. The van der Waals surface area contributed by atoms with E-state index in [9.17, 15) is 27.2 Å². The first-order valence-corrected chi connectivity index (χ1v) is 7.49. The molecule has 0 atom stereocenters. The quantitative estimate of drug-likeness (QED) is 0.703. The fourth-order valence-electron chi connectivity index (χ4n) is 2.23. The number of hydrogen-bond donors (Lipinski definition) is 1. The number of aromatic nitrogens is 4. The second-order valence-electron chi connectivity index (χ2n) is 5.38. The molecule has 11 heteroatoms. The molecule has 3 rings (SSSR count). The lowest BCUT2D eigenvalue weighted by Crippen LogP contribution is -2.30. The molecule has 1 amide bonds. The molecule has 0 bridgehead atoms. The third kappa shape index (κ3) is 4.19. The Labute approximate surface area is 148 Å². The molecule has 0 saturated carbocycles. The first-order chi connectivity index (χ1) is 12.7. The fourth-order valence-corrected chi connectivity index (χ4v) is 2.23. The summed E-state index contributed by atoms with van der Waals surface area (Å²) >= 11 is 0. The van der Waals surface area contributed by atoms with E-state index in [1.807, 2.05) is 0 Å². The lowest BCUT2D eigenvalue weighted by Gasteiger charge is -2.11. The summed E-state index contributed by atoms with van der Waals surface area (Å²) in [6.45, 7) is -0.549. The molecule has 1 aromatic carbocycles. The smallest absolute Gasteiger partial charge is 0.324 e. The van der Waals surface area contributed by atoms with Crippen LogP contribution in [0.5, 0.6) is 0 Å². The Morgan fingerprint density at radius 1 is 1.19 bits per heavy atom. The van der Waals surface area contributed by atoms with E-state index in [4.69, 9.17) is 0 Å². The van der Waals surface area contributed by atoms with Crippen molar-refractivity contribution in [2.45, 2.75) is 12.7 Å². The molecule has 0 aliphatic carbocycles. The van der Waals surface area contributed by atoms with Crippen LogP contribution in [0.4, 0.5) is 23.2 Å². The van der Waals surface area contributed by atoms with Gasteiger partial charge < -0.3 is 5.32 Å². The third-order valence-corrected chi connectivity index (χ3v) is 3.44. The number of amides is 1. The molecule has 0 radical (unpaired) electrons. The molecular formula is C16H11F4N5O2. The Kier molecular flexibility index (Phi) is 4.75. The summed E-state index contributed by atoms with van der Waals surface area (Å²) in [7, 11) is 0. The Morgan fingerprint density at radius 3 is 2.63 bits per heavy atom. The van der Waals surface area contributed by atoms with Crippen LogP contribution in [0.2, 0.25) is 0 Å². The van der Waals surface area contributed by atoms with Crippen molar-refractivity contribution in [2.75, 3.05) is 5.32 Å². The monoisotopic (exact) mass is 381 g/mol. The fraction of sp³-hybridized carbons (Fsp3) is 0.125. The highest BCUT2D eigenvalue weighted by Gasteiger charge is 2.34. The van der Waals surface area contributed by atoms with E-state index in [0.29, 0.717) is 12.1 Å². The van der Waals surface area contributed by atoms with Gasteiger partial charge in [-0.25, -0.2) is 13.8 Å². The van der Waals surface area contributed by atoms with Crippen molar-refractivity contribution < 1.29 is 22.4 Å². The van der Waals surface area contributed by atoms with Crippen LogP contribution in [0, 0.1) is 5.82 Å². The van der Waals surface area contributed by atoms with Gasteiger partial charge in [-0.3, -0.25) is 9.59 Å². The van der Waals surface area contributed by atoms with Gasteiger partial charge in [0.05, 0.1) is 5.56 Å². The van der Waals surface area contributed by atoms with E-state index in [1.165, 1.54) is 23.0 Å². The summed E-state index contributed by atoms with van der Waals surface area (Å²) in [6, 6.07) is 6.27. The number of carbonyl (C=O) groups is 1. The first-order valence-electron chi connectivity index (χ1n) is 7.49. The molecule has 2 heterocycles. The minimum atomic E-state index is -4.90. The molecule has 0 fully saturated rings. The highest BCUT2D eigenvalue weighted by Crippen LogP contribution is 2.32. The van der Waals surface area contributed by atoms with E-state index in [-0.39, 0.29) is 11.5 Å². The molecular weight excluding hydrogens is 370 g/mol. The van der Waals surface area contributed by atoms with Gasteiger partial charge in [-0.2, -0.15) is 18.3 Å². The van der Waals surface area contributed by atoms with Crippen LogP contribution < -0.4 is 10.9 Å². The van der Waals surface area contributed by atoms with Crippen molar-refractivity contribution in [1.82, 2.24) is 19.6 Å². The Hall–Kier alpha value is -3.50. The summed E-state index contributed by atoms with van der Waals surface area (Å²) in [4.78, 5) is 23.9. The zero-order chi connectivity index (χ0) is 19.6. The predicted molar refractivity (Wildman–Crippen MR) is 85.7 cm³/mol. The minimum absolute atomic E-state index is 0.259. The Bertz CT molecular complexity index is 1030. The van der Waals surface area contributed by atoms with Crippen molar-refractivity contribution in [3.8, 4) is 5.82 Å². The number of halogens is 4. The zero-order valence-corrected chi connectivity index (χ0v) is 13.4. The van der Waals surface area contributed by atoms with E-state index in [0.717, 1.165) is 10.7 Å². The maximum atomic E-state index is 13.3. The molecule has 0 unspecified atom stereocenters. The van der Waals surface area contributed by atoms with Gasteiger partial charge in [0.25, 0.3) is 5.56 Å². The van der Waals surface area contributed by atoms with E-state index in [2.05, 4.69) is 15.5 Å². The molecule has 0 saturated heterocycles. The summed E-state index contributed by atoms with van der Waals surface area (Å²) in [5.74, 6) is -1.99. The van der Waals surface area contributed by atoms with Gasteiger partial charge in [0, 0.05) is 24.1 Å². The standard InChI is InChI=1S/C16H11F4N5O2/c17-12-3-2-10(8-11(12)16(18,19)20)22-14(26)9-25-15(27)5-4-13(23-25)24-7-1-6-21-24/h1-8H,9H2,(H,22,26). The normalized spacial score (nSPS) is 11.4. The average Bonchev–Trinajstić information content (AvgIpc) is 3.12. The van der Waals surface area contributed by atoms with Crippen LogP contribution in [0.15, 0.2) is 53.6 Å². The minimum Gasteiger partial charge on any atom is -0.324 e. The van der Waals surface area contributed by atoms with Gasteiger partial charge >= 0.3 is 6.18 Å². The van der Waals surface area contributed by atoms with Crippen LogP contribution in [0.25, 0.3) is 5.82 Å². The molecule has 27 heavy (non-hydrogen) atoms. The van der Waals surface area contributed by atoms with Gasteiger partial charge in [-0.05, 0) is 30.3 Å². The largest absolute Gasteiger partial charge is 0.419 e. The molecule has 140 valence electrons. The lowest BCUT2D eigenvalue weighted by molar-refractivity contribution is -0.140. The van der Waals surface area contributed by atoms with Crippen LogP contribution >= 0.6 is 0 Å². The van der Waals surface area contributed by atoms with Crippen molar-refractivity contribution in [3.05, 3.63) is 70.5 Å². The maximum Gasteiger partial charge on any atom is 0.419 e. The van der Waals surface area contributed by atoms with Gasteiger partial charge in [0.1, 0.15) is 12.4 Å². The van der Waals surface area contributed by atoms with Crippen molar-refractivity contribution in [1.29, 1.82) is 0 Å². The average molecular weight is 381 g/mol. The number of anilines is 1. The lowest BCUT2D eigenvalue weighted by atomic mass is 10.2. The molecule has 3 aromatic rings. The Morgan fingerprint density at radius 2 is 1.96 bits per heavy atom. The maximum absolute atomic E-state index is 13.3. The number of carbonyl (C=O) groups excluding carboxylic acids is 1. The SMILES string of the molecule is O=C(Cn1nc(-n2cccn2)ccc1=O)Nc1ccc(F)c(C(F)(F)F)c1. The number of nitrogens with zero attached hydrogens (tertiary/aromatic N) is 4. The molecule has 2 aromatic heterocycles. The highest BCUT2D eigenvalue weighted by atomic mass is 19.4. The topological polar surface area (TPSA) is 81.8 Å². The third-order valence-electron chi connectivity index (χ3n) is 3.44. The molecule has 7 nitrogen and oxygen atoms in total. The summed E-state index contributed by atoms with van der Waals surface area (Å²) in [6.07, 6.45) is -1.83. The van der Waals surface area contributed by atoms with Gasteiger partial charge in [-0.15, -0.1) is 5.10 Å². The van der Waals surface area contributed by atoms with Crippen LogP contribution in [-0.2, 0) is 17.5 Å². The van der Waals surface area contributed by atoms with Crippen LogP contribution in [0.3, 0.4) is 0 Å². The van der Waals surface area contributed by atoms with E-state index < -0.39 is 35.6 Å². The number of hydrogen-bond acceptors (Lipinski definition) is 4. The number of nitrogens with one attached hydrogen (secondary N) is 1. The first kappa shape index (κ1) is 18.3. The summed E-state index contributed by atoms with van der Waals surface area (Å²) in [5, 5.41) is 10.1. The Balaban J connectivity index is 1.79. The van der Waals surface area contributed by atoms with E-state index >= 15 is 0 Å². The van der Waals surface area contributed by atoms with Crippen LogP contribution in [0.1, 0.15) is 5.56 Å². The van der Waals surface area contributed by atoms with Gasteiger partial charge in [0.15, 0.2) is 5.82 Å². The number of alkyl halides is 3. The molecule has 0 aliphatic rings. The predicted octanol–water partition coefficient (Wildman–Crippen LogP) is 2.23. The zero-order valence-electron chi connectivity index (χ0n) is 13.4. The van der Waals surface area contributed by atoms with E-state index in [1.54, 1.807) is 12.3 Å². The number of rotatable bonds is 4. The van der Waals surface area contributed by atoms with Gasteiger partial charge in [-0.1, -0.05) is 0 Å². The summed E-state index contributed by atoms with van der Waals surface area (Å²) in [5.41, 5.74) is -2.35. The van der Waals surface area contributed by atoms with Crippen molar-refractivity contribution >= 4 is 11.6 Å². The second-order valence-corrected chi connectivity index (χ2v) is 5.38. The van der Waals surface area contributed by atoms with Crippen LogP contribution in [-0.4, -0.2) is 25.5 Å². The second kappa shape index (κ2) is 7.02. The highest BCUT2D eigenvalue weighted by molar-refractivity contribution is 5.90. The molecule has 1 N–H and O–H groups in total. The summed E-state index contributed by atoms with van der Waals surface area (Å²) < 4.78 is 53.7. The molecule has 0 spiro atoms. The van der Waals surface area contributed by atoms with Crippen molar-refractivity contribution in [3.63, 3.8) is 0 Å². The molecule has 0 aliphatic heterocycles.